The van der Waals surface area contributed by atoms with Gasteiger partial charge in [0.05, 0.1) is 11.4 Å². The van der Waals surface area contributed by atoms with Crippen LogP contribution in [0.4, 0.5) is 10.1 Å². The first-order valence-electron chi connectivity index (χ1n) is 5.51. The first kappa shape index (κ1) is 13.2. The zero-order valence-electron chi connectivity index (χ0n) is 9.60. The Morgan fingerprint density at radius 3 is 2.72 bits per heavy atom. The molecule has 1 aliphatic heterocycles. The zero-order valence-corrected chi connectivity index (χ0v) is 11.2. The van der Waals surface area contributed by atoms with Crippen molar-refractivity contribution in [2.45, 2.75) is 12.8 Å². The summed E-state index contributed by atoms with van der Waals surface area (Å²) in [5, 5.41) is 0. The van der Waals surface area contributed by atoms with Crippen LogP contribution in [-0.4, -0.2) is 25.7 Å². The predicted octanol–water partition coefficient (Wildman–Crippen LogP) is 1.39. The Hall–Kier alpha value is -1.21. The maximum atomic E-state index is 13.4. The molecule has 2 N–H and O–H groups in total. The summed E-state index contributed by atoms with van der Waals surface area (Å²) >= 11 is 4.74. The lowest BCUT2D eigenvalue weighted by molar-refractivity contribution is 0.574. The predicted molar refractivity (Wildman–Crippen MR) is 72.7 cm³/mol. The molecule has 1 saturated heterocycles. The number of nitrogens with zero attached hydrogens (tertiary/aromatic N) is 1. The third-order valence-electron chi connectivity index (χ3n) is 2.85. The molecule has 18 heavy (non-hydrogen) atoms. The minimum Gasteiger partial charge on any atom is -0.389 e. The van der Waals surface area contributed by atoms with Crippen molar-refractivity contribution >= 4 is 32.9 Å². The summed E-state index contributed by atoms with van der Waals surface area (Å²) in [6.07, 6.45) is 1.45. The fourth-order valence-electron chi connectivity index (χ4n) is 1.94. The number of anilines is 1. The lowest BCUT2D eigenvalue weighted by Crippen LogP contribution is -2.38. The molecule has 0 amide bonds. The average Bonchev–Trinajstić information content (AvgIpc) is 2.29. The van der Waals surface area contributed by atoms with E-state index in [1.807, 2.05) is 0 Å². The molecular weight excluding hydrogens is 275 g/mol. The Bertz CT molecular complexity index is 587. The van der Waals surface area contributed by atoms with Gasteiger partial charge in [0, 0.05) is 12.1 Å². The maximum Gasteiger partial charge on any atom is 0.235 e. The van der Waals surface area contributed by atoms with E-state index in [4.69, 9.17) is 18.0 Å². The summed E-state index contributed by atoms with van der Waals surface area (Å²) in [6, 6.07) is 4.01. The molecule has 1 heterocycles. The molecule has 0 spiro atoms. The molecule has 0 bridgehead atoms. The van der Waals surface area contributed by atoms with Gasteiger partial charge in [0.15, 0.2) is 0 Å². The van der Waals surface area contributed by atoms with Gasteiger partial charge in [0.2, 0.25) is 10.0 Å². The van der Waals surface area contributed by atoms with Crippen LogP contribution in [0.15, 0.2) is 18.2 Å². The molecule has 1 aromatic rings. The summed E-state index contributed by atoms with van der Waals surface area (Å²) in [5.41, 5.74) is 5.89. The Kier molecular flexibility index (Phi) is 3.54. The quantitative estimate of drug-likeness (QED) is 0.835. The van der Waals surface area contributed by atoms with Gasteiger partial charge < -0.3 is 5.73 Å². The molecule has 4 nitrogen and oxygen atoms in total. The second-order valence-corrected chi connectivity index (χ2v) is 6.58. The summed E-state index contributed by atoms with van der Waals surface area (Å²) < 4.78 is 38.6. The highest BCUT2D eigenvalue weighted by Crippen LogP contribution is 2.25. The summed E-state index contributed by atoms with van der Waals surface area (Å²) in [4.78, 5) is -0.0799. The molecule has 0 aromatic heterocycles. The highest BCUT2D eigenvalue weighted by Gasteiger charge is 2.26. The SMILES string of the molecule is NC(=S)c1cc(N2CCCCS2(=O)=O)ccc1F. The number of rotatable bonds is 2. The number of benzene rings is 1. The van der Waals surface area contributed by atoms with Gasteiger partial charge in [-0.1, -0.05) is 12.2 Å². The van der Waals surface area contributed by atoms with Crippen LogP contribution in [0, 0.1) is 5.82 Å². The van der Waals surface area contributed by atoms with E-state index < -0.39 is 15.8 Å². The van der Waals surface area contributed by atoms with Crippen LogP contribution in [-0.2, 0) is 10.0 Å². The Morgan fingerprint density at radius 2 is 2.11 bits per heavy atom. The molecule has 1 fully saturated rings. The number of hydrogen-bond acceptors (Lipinski definition) is 3. The van der Waals surface area contributed by atoms with Crippen LogP contribution in [0.2, 0.25) is 0 Å². The summed E-state index contributed by atoms with van der Waals surface area (Å²) in [7, 11) is -3.31. The number of halogens is 1. The second kappa shape index (κ2) is 4.81. The molecule has 0 radical (unpaired) electrons. The average molecular weight is 288 g/mol. The van der Waals surface area contributed by atoms with E-state index in [2.05, 4.69) is 0 Å². The Balaban J connectivity index is 2.45. The topological polar surface area (TPSA) is 63.4 Å². The lowest BCUT2D eigenvalue weighted by atomic mass is 10.2. The largest absolute Gasteiger partial charge is 0.389 e. The van der Waals surface area contributed by atoms with Crippen molar-refractivity contribution in [3.05, 3.63) is 29.6 Å². The van der Waals surface area contributed by atoms with Crippen LogP contribution in [0.3, 0.4) is 0 Å². The van der Waals surface area contributed by atoms with Crippen molar-refractivity contribution in [1.29, 1.82) is 0 Å². The number of sulfonamides is 1. The first-order chi connectivity index (χ1) is 8.42. The van der Waals surface area contributed by atoms with E-state index in [1.165, 1.54) is 22.5 Å². The molecule has 1 aromatic carbocycles. The molecule has 0 unspecified atom stereocenters. The van der Waals surface area contributed by atoms with E-state index in [-0.39, 0.29) is 16.3 Å². The molecule has 1 aliphatic rings. The highest BCUT2D eigenvalue weighted by atomic mass is 32.2. The number of nitrogens with two attached hydrogens (primary N) is 1. The Labute approximate surface area is 111 Å². The highest BCUT2D eigenvalue weighted by molar-refractivity contribution is 7.92. The van der Waals surface area contributed by atoms with Crippen molar-refractivity contribution in [3.8, 4) is 0 Å². The number of thiocarbonyl (C=S) groups is 1. The van der Waals surface area contributed by atoms with Crippen LogP contribution < -0.4 is 10.0 Å². The van der Waals surface area contributed by atoms with Crippen molar-refractivity contribution in [1.82, 2.24) is 0 Å². The molecule has 98 valence electrons. The second-order valence-electron chi connectivity index (χ2n) is 4.12. The van der Waals surface area contributed by atoms with Gasteiger partial charge in [-0.15, -0.1) is 0 Å². The van der Waals surface area contributed by atoms with Gasteiger partial charge in [-0.05, 0) is 31.0 Å². The van der Waals surface area contributed by atoms with Crippen molar-refractivity contribution in [2.75, 3.05) is 16.6 Å². The fraction of sp³-hybridized carbons (Fsp3) is 0.364. The standard InChI is InChI=1S/C11H13FN2O2S2/c12-10-4-3-8(7-9(10)11(13)17)14-5-1-2-6-18(14,15)16/h3-4,7H,1-2,5-6H2,(H2,13,17). The monoisotopic (exact) mass is 288 g/mol. The summed E-state index contributed by atoms with van der Waals surface area (Å²) in [6.45, 7) is 0.407. The van der Waals surface area contributed by atoms with Crippen molar-refractivity contribution < 1.29 is 12.8 Å². The van der Waals surface area contributed by atoms with Gasteiger partial charge in [-0.2, -0.15) is 0 Å². The third-order valence-corrected chi connectivity index (χ3v) is 4.94. The minimum absolute atomic E-state index is 0.0725. The molecule has 0 atom stereocenters. The van der Waals surface area contributed by atoms with Crippen LogP contribution in [0.5, 0.6) is 0 Å². The minimum atomic E-state index is -3.31. The van der Waals surface area contributed by atoms with E-state index in [0.717, 1.165) is 6.42 Å². The third kappa shape index (κ3) is 2.46. The van der Waals surface area contributed by atoms with Crippen molar-refractivity contribution in [3.63, 3.8) is 0 Å². The lowest BCUT2D eigenvalue weighted by Gasteiger charge is -2.28. The first-order valence-corrected chi connectivity index (χ1v) is 7.53. The van der Waals surface area contributed by atoms with Gasteiger partial charge in [0.25, 0.3) is 0 Å². The van der Waals surface area contributed by atoms with Crippen LogP contribution in [0.1, 0.15) is 18.4 Å². The smallest absolute Gasteiger partial charge is 0.235 e. The van der Waals surface area contributed by atoms with E-state index >= 15 is 0 Å². The maximum absolute atomic E-state index is 13.4. The van der Waals surface area contributed by atoms with E-state index in [0.29, 0.717) is 18.7 Å². The molecule has 7 heteroatoms. The Morgan fingerprint density at radius 1 is 1.39 bits per heavy atom. The molecule has 0 saturated carbocycles. The van der Waals surface area contributed by atoms with Gasteiger partial charge in [-0.25, -0.2) is 12.8 Å². The van der Waals surface area contributed by atoms with Crippen molar-refractivity contribution in [2.24, 2.45) is 5.73 Å². The van der Waals surface area contributed by atoms with E-state index in [1.54, 1.807) is 0 Å². The van der Waals surface area contributed by atoms with E-state index in [9.17, 15) is 12.8 Å². The molecular formula is C11H13FN2O2S2. The molecule has 2 rings (SSSR count). The zero-order chi connectivity index (χ0) is 13.3. The van der Waals surface area contributed by atoms with Crippen LogP contribution >= 0.6 is 12.2 Å². The van der Waals surface area contributed by atoms with Crippen LogP contribution in [0.25, 0.3) is 0 Å². The van der Waals surface area contributed by atoms with Gasteiger partial charge >= 0.3 is 0 Å². The summed E-state index contributed by atoms with van der Waals surface area (Å²) in [5.74, 6) is -0.423. The fourth-order valence-corrected chi connectivity index (χ4v) is 3.72. The number of hydrogen-bond donors (Lipinski definition) is 1. The molecule has 0 aliphatic carbocycles. The van der Waals surface area contributed by atoms with Gasteiger partial charge in [0.1, 0.15) is 10.8 Å². The van der Waals surface area contributed by atoms with Gasteiger partial charge in [-0.3, -0.25) is 4.31 Å². The normalized spacial score (nSPS) is 18.6.